The number of nitrogens with zero attached hydrogens (tertiary/aromatic N) is 3. The lowest BCUT2D eigenvalue weighted by Crippen LogP contribution is -2.21. The molecule has 7 heteroatoms. The van der Waals surface area contributed by atoms with Gasteiger partial charge in [-0.1, -0.05) is 23.2 Å². The normalized spacial score (nSPS) is 11.7. The van der Waals surface area contributed by atoms with E-state index in [1.165, 1.54) is 12.1 Å². The van der Waals surface area contributed by atoms with Gasteiger partial charge >= 0.3 is 0 Å². The summed E-state index contributed by atoms with van der Waals surface area (Å²) < 4.78 is 21.5. The molecule has 0 saturated carbocycles. The molecule has 2 heterocycles. The molecule has 1 aromatic carbocycles. The molecule has 0 unspecified atom stereocenters. The van der Waals surface area contributed by atoms with Gasteiger partial charge in [0.25, 0.3) is 0 Å². The average molecular weight is 422 g/mol. The third-order valence-electron chi connectivity index (χ3n) is 4.39. The maximum absolute atomic E-state index is 13.7. The van der Waals surface area contributed by atoms with Crippen LogP contribution in [0.25, 0.3) is 11.1 Å². The van der Waals surface area contributed by atoms with Gasteiger partial charge in [-0.3, -0.25) is 9.67 Å². The first-order valence-electron chi connectivity index (χ1n) is 8.94. The van der Waals surface area contributed by atoms with Gasteiger partial charge in [0, 0.05) is 35.0 Å². The summed E-state index contributed by atoms with van der Waals surface area (Å²) in [5, 5.41) is 4.89. The van der Waals surface area contributed by atoms with Crippen LogP contribution in [0.15, 0.2) is 36.8 Å². The van der Waals surface area contributed by atoms with E-state index in [1.807, 2.05) is 30.1 Å². The summed E-state index contributed by atoms with van der Waals surface area (Å²) in [5.41, 5.74) is 3.08. The fourth-order valence-electron chi connectivity index (χ4n) is 2.72. The number of halogens is 3. The van der Waals surface area contributed by atoms with Crippen molar-refractivity contribution in [2.75, 3.05) is 6.61 Å². The highest BCUT2D eigenvalue weighted by Crippen LogP contribution is 2.29. The molecule has 3 aromatic rings. The monoisotopic (exact) mass is 421 g/mol. The molecule has 0 aliphatic rings. The number of aromatic nitrogens is 3. The van der Waals surface area contributed by atoms with Gasteiger partial charge in [-0.25, -0.2) is 4.39 Å². The molecule has 28 heavy (non-hydrogen) atoms. The highest BCUT2D eigenvalue weighted by atomic mass is 35.5. The number of rotatable bonds is 5. The molecule has 0 aliphatic heterocycles. The number of hydrogen-bond donors (Lipinski definition) is 0. The predicted molar refractivity (Wildman–Crippen MR) is 111 cm³/mol. The van der Waals surface area contributed by atoms with Crippen molar-refractivity contribution >= 4 is 23.2 Å². The topological polar surface area (TPSA) is 39.9 Å². The van der Waals surface area contributed by atoms with Crippen LogP contribution >= 0.6 is 23.2 Å². The minimum Gasteiger partial charge on any atom is -0.491 e. The van der Waals surface area contributed by atoms with Gasteiger partial charge in [-0.15, -0.1) is 0 Å². The molecule has 4 nitrogen and oxygen atoms in total. The number of ether oxygens (including phenoxy) is 1. The van der Waals surface area contributed by atoms with E-state index in [2.05, 4.69) is 30.9 Å². The van der Waals surface area contributed by atoms with Crippen molar-refractivity contribution in [2.24, 2.45) is 0 Å². The summed E-state index contributed by atoms with van der Waals surface area (Å²) in [5.74, 6) is 0.168. The first kappa shape index (κ1) is 20.6. The van der Waals surface area contributed by atoms with E-state index in [0.29, 0.717) is 29.4 Å². The van der Waals surface area contributed by atoms with E-state index in [1.54, 1.807) is 6.20 Å². The summed E-state index contributed by atoms with van der Waals surface area (Å²) >= 11 is 12.1. The second-order valence-electron chi connectivity index (χ2n) is 7.57. The van der Waals surface area contributed by atoms with Gasteiger partial charge in [-0.05, 0) is 51.5 Å². The quantitative estimate of drug-likeness (QED) is 0.468. The minimum absolute atomic E-state index is 0.0364. The molecule has 2 aromatic heterocycles. The van der Waals surface area contributed by atoms with Crippen LogP contribution in [0, 0.1) is 12.7 Å². The van der Waals surface area contributed by atoms with Crippen LogP contribution in [-0.4, -0.2) is 21.4 Å². The molecular formula is C21H22Cl2FN3O. The Balaban J connectivity index is 1.76. The number of benzene rings is 1. The summed E-state index contributed by atoms with van der Waals surface area (Å²) in [4.78, 5) is 4.43. The van der Waals surface area contributed by atoms with E-state index < -0.39 is 5.82 Å². The van der Waals surface area contributed by atoms with Gasteiger partial charge in [0.05, 0.1) is 29.1 Å². The van der Waals surface area contributed by atoms with Crippen LogP contribution in [0.4, 0.5) is 4.39 Å². The summed E-state index contributed by atoms with van der Waals surface area (Å²) in [6.45, 7) is 8.45. The Bertz CT molecular complexity index is 996. The smallest absolute Gasteiger partial charge is 0.142 e. The highest BCUT2D eigenvalue weighted by Gasteiger charge is 2.16. The van der Waals surface area contributed by atoms with Crippen LogP contribution in [0.1, 0.15) is 32.0 Å². The molecular weight excluding hydrogens is 400 g/mol. The Morgan fingerprint density at radius 2 is 1.89 bits per heavy atom. The maximum Gasteiger partial charge on any atom is 0.142 e. The third kappa shape index (κ3) is 4.47. The Hall–Kier alpha value is -2.11. The third-order valence-corrected chi connectivity index (χ3v) is 5.16. The zero-order chi connectivity index (χ0) is 20.5. The van der Waals surface area contributed by atoms with Crippen LogP contribution < -0.4 is 4.74 Å². The molecule has 0 radical (unpaired) electrons. The zero-order valence-electron chi connectivity index (χ0n) is 16.3. The second kappa shape index (κ2) is 8.10. The average Bonchev–Trinajstić information content (AvgIpc) is 3.13. The standard InChI is InChI=1S/C21H22Cl2FN3O/c1-13-19(28-8-7-16-17(22)5-6-18(24)20(16)23)9-14(10-25-13)15-11-26-27(12-15)21(2,3)4/h5-6,9-12H,7-8H2,1-4H3. The minimum atomic E-state index is -0.489. The number of aryl methyl sites for hydroxylation is 1. The summed E-state index contributed by atoms with van der Waals surface area (Å²) in [6, 6.07) is 4.68. The molecule has 0 fully saturated rings. The van der Waals surface area contributed by atoms with Crippen molar-refractivity contribution in [3.8, 4) is 16.9 Å². The van der Waals surface area contributed by atoms with Crippen LogP contribution in [0.2, 0.25) is 10.0 Å². The fourth-order valence-corrected chi connectivity index (χ4v) is 3.28. The van der Waals surface area contributed by atoms with E-state index in [0.717, 1.165) is 16.8 Å². The van der Waals surface area contributed by atoms with E-state index in [4.69, 9.17) is 27.9 Å². The molecule has 0 saturated heterocycles. The van der Waals surface area contributed by atoms with E-state index in [9.17, 15) is 4.39 Å². The SMILES string of the molecule is Cc1ncc(-c2cnn(C(C)(C)C)c2)cc1OCCc1c(Cl)ccc(F)c1Cl. The lowest BCUT2D eigenvalue weighted by atomic mass is 10.1. The molecule has 0 spiro atoms. The van der Waals surface area contributed by atoms with E-state index >= 15 is 0 Å². The first-order chi connectivity index (χ1) is 13.2. The molecule has 0 atom stereocenters. The highest BCUT2D eigenvalue weighted by molar-refractivity contribution is 6.36. The Morgan fingerprint density at radius 3 is 2.57 bits per heavy atom. The fraction of sp³-hybridized carbons (Fsp3) is 0.333. The molecule has 3 rings (SSSR count). The number of pyridine rings is 1. The van der Waals surface area contributed by atoms with Gasteiger partial charge in [0.2, 0.25) is 0 Å². The lowest BCUT2D eigenvalue weighted by Gasteiger charge is -2.18. The van der Waals surface area contributed by atoms with Gasteiger partial charge < -0.3 is 4.74 Å². The van der Waals surface area contributed by atoms with Gasteiger partial charge in [0.1, 0.15) is 11.6 Å². The Kier molecular flexibility index (Phi) is 5.96. The largest absolute Gasteiger partial charge is 0.491 e. The van der Waals surface area contributed by atoms with Crippen molar-refractivity contribution in [3.63, 3.8) is 0 Å². The maximum atomic E-state index is 13.7. The zero-order valence-corrected chi connectivity index (χ0v) is 17.8. The van der Waals surface area contributed by atoms with Crippen molar-refractivity contribution < 1.29 is 9.13 Å². The van der Waals surface area contributed by atoms with Crippen LogP contribution in [0.3, 0.4) is 0 Å². The summed E-state index contributed by atoms with van der Waals surface area (Å²) in [7, 11) is 0. The van der Waals surface area contributed by atoms with Crippen molar-refractivity contribution in [2.45, 2.75) is 39.7 Å². The first-order valence-corrected chi connectivity index (χ1v) is 9.70. The Morgan fingerprint density at radius 1 is 1.14 bits per heavy atom. The van der Waals surface area contributed by atoms with Crippen molar-refractivity contribution in [1.82, 2.24) is 14.8 Å². The van der Waals surface area contributed by atoms with Crippen LogP contribution in [-0.2, 0) is 12.0 Å². The predicted octanol–water partition coefficient (Wildman–Crippen LogP) is 6.08. The van der Waals surface area contributed by atoms with Crippen LogP contribution in [0.5, 0.6) is 5.75 Å². The second-order valence-corrected chi connectivity index (χ2v) is 8.36. The Labute approximate surface area is 174 Å². The van der Waals surface area contributed by atoms with Crippen molar-refractivity contribution in [1.29, 1.82) is 0 Å². The molecule has 0 amide bonds. The molecule has 148 valence electrons. The lowest BCUT2D eigenvalue weighted by molar-refractivity contribution is 0.318. The van der Waals surface area contributed by atoms with E-state index in [-0.39, 0.29) is 10.6 Å². The van der Waals surface area contributed by atoms with Gasteiger partial charge in [0.15, 0.2) is 0 Å². The molecule has 0 aliphatic carbocycles. The molecule has 0 bridgehead atoms. The van der Waals surface area contributed by atoms with Crippen molar-refractivity contribution in [3.05, 3.63) is 63.9 Å². The summed E-state index contributed by atoms with van der Waals surface area (Å²) in [6.07, 6.45) is 5.99. The molecule has 0 N–H and O–H groups in total. The van der Waals surface area contributed by atoms with Gasteiger partial charge in [-0.2, -0.15) is 5.10 Å². The number of hydrogen-bond acceptors (Lipinski definition) is 3.